The van der Waals surface area contributed by atoms with Crippen LogP contribution in [0, 0.1) is 0 Å². The number of hydrogen-bond donors (Lipinski definition) is 0. The Balaban J connectivity index is 2.19. The number of carbonyl (C=O) groups is 2. The first kappa shape index (κ1) is 16.5. The van der Waals surface area contributed by atoms with Gasteiger partial charge in [0.05, 0.1) is 5.56 Å². The predicted molar refractivity (Wildman–Crippen MR) is 83.5 cm³/mol. The molecule has 0 N–H and O–H groups in total. The SMILES string of the molecule is CC(C)(C)OC(=O)C1(OC(=O)c2ccccc2)CCCCC1. The van der Waals surface area contributed by atoms with Crippen LogP contribution in [0.5, 0.6) is 0 Å². The van der Waals surface area contributed by atoms with E-state index in [1.165, 1.54) is 0 Å². The highest BCUT2D eigenvalue weighted by Crippen LogP contribution is 2.35. The summed E-state index contributed by atoms with van der Waals surface area (Å²) >= 11 is 0. The minimum absolute atomic E-state index is 0.427. The minimum Gasteiger partial charge on any atom is -0.457 e. The van der Waals surface area contributed by atoms with Crippen LogP contribution in [0.15, 0.2) is 30.3 Å². The lowest BCUT2D eigenvalue weighted by molar-refractivity contribution is -0.181. The average Bonchev–Trinajstić information content (AvgIpc) is 2.47. The Bertz CT molecular complexity index is 522. The van der Waals surface area contributed by atoms with Crippen molar-refractivity contribution in [3.05, 3.63) is 35.9 Å². The monoisotopic (exact) mass is 304 g/mol. The minimum atomic E-state index is -1.14. The number of carbonyl (C=O) groups excluding carboxylic acids is 2. The van der Waals surface area contributed by atoms with Crippen molar-refractivity contribution < 1.29 is 19.1 Å². The van der Waals surface area contributed by atoms with Gasteiger partial charge in [0.15, 0.2) is 0 Å². The van der Waals surface area contributed by atoms with Gasteiger partial charge in [-0.15, -0.1) is 0 Å². The van der Waals surface area contributed by atoms with Crippen LogP contribution in [0.3, 0.4) is 0 Å². The van der Waals surface area contributed by atoms with Crippen molar-refractivity contribution in [2.75, 3.05) is 0 Å². The van der Waals surface area contributed by atoms with E-state index in [2.05, 4.69) is 0 Å². The molecule has 120 valence electrons. The van der Waals surface area contributed by atoms with Gasteiger partial charge in [-0.3, -0.25) is 0 Å². The van der Waals surface area contributed by atoms with E-state index in [1.807, 2.05) is 26.8 Å². The second-order valence-electron chi connectivity index (χ2n) is 6.81. The van der Waals surface area contributed by atoms with E-state index in [9.17, 15) is 9.59 Å². The molecule has 0 atom stereocenters. The van der Waals surface area contributed by atoms with Crippen LogP contribution >= 0.6 is 0 Å². The number of esters is 2. The molecule has 4 nitrogen and oxygen atoms in total. The smallest absolute Gasteiger partial charge is 0.351 e. The summed E-state index contributed by atoms with van der Waals surface area (Å²) in [6, 6.07) is 8.76. The first-order valence-electron chi connectivity index (χ1n) is 7.84. The van der Waals surface area contributed by atoms with Gasteiger partial charge in [0, 0.05) is 0 Å². The number of ether oxygens (including phenoxy) is 2. The maximum Gasteiger partial charge on any atom is 0.351 e. The third kappa shape index (κ3) is 4.09. The lowest BCUT2D eigenvalue weighted by Crippen LogP contribution is -2.48. The summed E-state index contributed by atoms with van der Waals surface area (Å²) in [4.78, 5) is 25.0. The van der Waals surface area contributed by atoms with E-state index in [0.29, 0.717) is 18.4 Å². The summed E-state index contributed by atoms with van der Waals surface area (Å²) in [5, 5.41) is 0. The third-order valence-corrected chi connectivity index (χ3v) is 3.73. The molecule has 1 aromatic rings. The first-order chi connectivity index (χ1) is 10.3. The summed E-state index contributed by atoms with van der Waals surface area (Å²) < 4.78 is 11.2. The van der Waals surface area contributed by atoms with E-state index in [1.54, 1.807) is 24.3 Å². The standard InChI is InChI=1S/C18H24O4/c1-17(2,3)22-16(20)18(12-8-5-9-13-18)21-15(19)14-10-6-4-7-11-14/h4,6-7,10-11H,5,8-9,12-13H2,1-3H3. The van der Waals surface area contributed by atoms with Gasteiger partial charge in [-0.2, -0.15) is 0 Å². The Hall–Kier alpha value is -1.84. The summed E-state index contributed by atoms with van der Waals surface area (Å²) in [5.41, 5.74) is -1.28. The van der Waals surface area contributed by atoms with Crippen LogP contribution in [0.25, 0.3) is 0 Å². The molecule has 22 heavy (non-hydrogen) atoms. The molecule has 1 aliphatic rings. The van der Waals surface area contributed by atoms with Crippen LogP contribution < -0.4 is 0 Å². The molecule has 1 fully saturated rings. The number of hydrogen-bond acceptors (Lipinski definition) is 4. The molecule has 0 bridgehead atoms. The highest BCUT2D eigenvalue weighted by Gasteiger charge is 2.46. The molecule has 0 heterocycles. The van der Waals surface area contributed by atoms with Crippen LogP contribution in [0.4, 0.5) is 0 Å². The molecular weight excluding hydrogens is 280 g/mol. The van der Waals surface area contributed by atoms with Gasteiger partial charge in [0.1, 0.15) is 5.60 Å². The Morgan fingerprint density at radius 3 is 2.14 bits per heavy atom. The molecule has 0 spiro atoms. The van der Waals surface area contributed by atoms with Crippen molar-refractivity contribution in [1.29, 1.82) is 0 Å². The molecule has 2 rings (SSSR count). The molecule has 1 aliphatic carbocycles. The summed E-state index contributed by atoms with van der Waals surface area (Å²) in [5.74, 6) is -0.891. The normalized spacial score (nSPS) is 17.6. The lowest BCUT2D eigenvalue weighted by atomic mass is 9.84. The Kier molecular flexibility index (Phi) is 4.89. The molecule has 0 radical (unpaired) electrons. The van der Waals surface area contributed by atoms with Crippen molar-refractivity contribution in [1.82, 2.24) is 0 Å². The van der Waals surface area contributed by atoms with Gasteiger partial charge in [0.2, 0.25) is 5.60 Å². The second kappa shape index (κ2) is 6.51. The number of benzene rings is 1. The lowest BCUT2D eigenvalue weighted by Gasteiger charge is -2.36. The number of rotatable bonds is 3. The highest BCUT2D eigenvalue weighted by atomic mass is 16.6. The van der Waals surface area contributed by atoms with E-state index in [0.717, 1.165) is 19.3 Å². The fourth-order valence-corrected chi connectivity index (χ4v) is 2.65. The van der Waals surface area contributed by atoms with E-state index < -0.39 is 23.1 Å². The maximum absolute atomic E-state index is 12.6. The molecule has 0 aromatic heterocycles. The zero-order chi connectivity index (χ0) is 16.2. The predicted octanol–water partition coefficient (Wildman–Crippen LogP) is 3.89. The zero-order valence-electron chi connectivity index (χ0n) is 13.6. The van der Waals surface area contributed by atoms with E-state index >= 15 is 0 Å². The van der Waals surface area contributed by atoms with Crippen LogP contribution in [-0.2, 0) is 14.3 Å². The van der Waals surface area contributed by atoms with Crippen LogP contribution in [0.2, 0.25) is 0 Å². The Morgan fingerprint density at radius 1 is 1.00 bits per heavy atom. The molecule has 0 aliphatic heterocycles. The van der Waals surface area contributed by atoms with Gasteiger partial charge in [0.25, 0.3) is 0 Å². The average molecular weight is 304 g/mol. The topological polar surface area (TPSA) is 52.6 Å². The second-order valence-corrected chi connectivity index (χ2v) is 6.81. The molecule has 0 amide bonds. The molecular formula is C18H24O4. The van der Waals surface area contributed by atoms with Crippen LogP contribution in [-0.4, -0.2) is 23.1 Å². The van der Waals surface area contributed by atoms with E-state index in [4.69, 9.17) is 9.47 Å². The summed E-state index contributed by atoms with van der Waals surface area (Å²) in [6.07, 6.45) is 3.83. The summed E-state index contributed by atoms with van der Waals surface area (Å²) in [6.45, 7) is 5.46. The molecule has 1 saturated carbocycles. The fraction of sp³-hybridized carbons (Fsp3) is 0.556. The Labute approximate surface area is 131 Å². The molecule has 0 unspecified atom stereocenters. The van der Waals surface area contributed by atoms with Crippen molar-refractivity contribution in [2.45, 2.75) is 64.1 Å². The largest absolute Gasteiger partial charge is 0.457 e. The third-order valence-electron chi connectivity index (χ3n) is 3.73. The van der Waals surface area contributed by atoms with Crippen molar-refractivity contribution >= 4 is 11.9 Å². The Morgan fingerprint density at radius 2 is 1.59 bits per heavy atom. The summed E-state index contributed by atoms with van der Waals surface area (Å²) in [7, 11) is 0. The quantitative estimate of drug-likeness (QED) is 0.795. The van der Waals surface area contributed by atoms with Gasteiger partial charge in [-0.25, -0.2) is 9.59 Å². The first-order valence-corrected chi connectivity index (χ1v) is 7.84. The van der Waals surface area contributed by atoms with Crippen molar-refractivity contribution in [2.24, 2.45) is 0 Å². The van der Waals surface area contributed by atoms with Gasteiger partial charge >= 0.3 is 11.9 Å². The van der Waals surface area contributed by atoms with Crippen molar-refractivity contribution in [3.63, 3.8) is 0 Å². The van der Waals surface area contributed by atoms with Gasteiger partial charge < -0.3 is 9.47 Å². The molecule has 0 saturated heterocycles. The van der Waals surface area contributed by atoms with E-state index in [-0.39, 0.29) is 0 Å². The van der Waals surface area contributed by atoms with Crippen molar-refractivity contribution in [3.8, 4) is 0 Å². The molecule has 4 heteroatoms. The zero-order valence-corrected chi connectivity index (χ0v) is 13.6. The van der Waals surface area contributed by atoms with Gasteiger partial charge in [-0.05, 0) is 58.6 Å². The molecule has 1 aromatic carbocycles. The maximum atomic E-state index is 12.6. The highest BCUT2D eigenvalue weighted by molar-refractivity contribution is 5.92. The fourth-order valence-electron chi connectivity index (χ4n) is 2.65. The van der Waals surface area contributed by atoms with Gasteiger partial charge in [-0.1, -0.05) is 24.6 Å². The van der Waals surface area contributed by atoms with Crippen LogP contribution in [0.1, 0.15) is 63.2 Å².